The fraction of sp³-hybridized carbons (Fsp3) is 0.231. The Balaban J connectivity index is 1.75. The molecule has 0 spiro atoms. The predicted molar refractivity (Wildman–Crippen MR) is 77.3 cm³/mol. The van der Waals surface area contributed by atoms with E-state index in [-0.39, 0.29) is 18.1 Å². The van der Waals surface area contributed by atoms with Crippen molar-refractivity contribution < 1.29 is 23.5 Å². The van der Waals surface area contributed by atoms with Gasteiger partial charge in [-0.05, 0) is 12.1 Å². The number of thiazole rings is 1. The largest absolute Gasteiger partial charge is 0.467 e. The van der Waals surface area contributed by atoms with Gasteiger partial charge in [-0.2, -0.15) is 0 Å². The standard InChI is InChI=1S/C13H13N3O5S/c1-8(17)15-13-16-10(7-22-13)12(19)21-6-11(18)14-5-9-3-2-4-20-9/h2-4,7H,5-6H2,1H3,(H,14,18)(H,15,16,17). The number of esters is 1. The number of aromatic nitrogens is 1. The Kier molecular flexibility index (Phi) is 5.26. The Bertz CT molecular complexity index is 665. The molecule has 0 aliphatic carbocycles. The van der Waals surface area contributed by atoms with Crippen LogP contribution in [0.2, 0.25) is 0 Å². The smallest absolute Gasteiger partial charge is 0.358 e. The normalized spacial score (nSPS) is 10.0. The van der Waals surface area contributed by atoms with E-state index < -0.39 is 18.5 Å². The summed E-state index contributed by atoms with van der Waals surface area (Å²) < 4.78 is 9.88. The number of ether oxygens (including phenoxy) is 1. The van der Waals surface area contributed by atoms with Gasteiger partial charge in [0.05, 0.1) is 12.8 Å². The predicted octanol–water partition coefficient (Wildman–Crippen LogP) is 1.17. The highest BCUT2D eigenvalue weighted by Crippen LogP contribution is 2.15. The molecule has 0 atom stereocenters. The van der Waals surface area contributed by atoms with Crippen molar-refractivity contribution in [2.24, 2.45) is 0 Å². The summed E-state index contributed by atoms with van der Waals surface area (Å²) in [6.45, 7) is 1.13. The SMILES string of the molecule is CC(=O)Nc1nc(C(=O)OCC(=O)NCc2ccco2)cs1. The lowest BCUT2D eigenvalue weighted by Gasteiger charge is -2.04. The second kappa shape index (κ2) is 7.36. The van der Waals surface area contributed by atoms with Gasteiger partial charge in [0.25, 0.3) is 5.91 Å². The van der Waals surface area contributed by atoms with E-state index in [9.17, 15) is 14.4 Å². The lowest BCUT2D eigenvalue weighted by Crippen LogP contribution is -2.28. The number of rotatable bonds is 6. The molecule has 9 heteroatoms. The molecule has 0 radical (unpaired) electrons. The monoisotopic (exact) mass is 323 g/mol. The lowest BCUT2D eigenvalue weighted by atomic mass is 10.4. The molecule has 2 aromatic heterocycles. The number of hydrogen-bond acceptors (Lipinski definition) is 7. The van der Waals surface area contributed by atoms with Crippen molar-refractivity contribution in [2.45, 2.75) is 13.5 Å². The Morgan fingerprint density at radius 3 is 2.91 bits per heavy atom. The van der Waals surface area contributed by atoms with Crippen LogP contribution in [0, 0.1) is 0 Å². The van der Waals surface area contributed by atoms with Crippen LogP contribution in [0.3, 0.4) is 0 Å². The maximum absolute atomic E-state index is 11.7. The van der Waals surface area contributed by atoms with Crippen molar-refractivity contribution in [3.05, 3.63) is 35.2 Å². The van der Waals surface area contributed by atoms with Crippen molar-refractivity contribution in [1.29, 1.82) is 0 Å². The molecule has 0 aliphatic rings. The van der Waals surface area contributed by atoms with Crippen molar-refractivity contribution in [1.82, 2.24) is 10.3 Å². The maximum atomic E-state index is 11.7. The molecule has 2 N–H and O–H groups in total. The molecule has 0 aliphatic heterocycles. The van der Waals surface area contributed by atoms with E-state index in [1.54, 1.807) is 12.1 Å². The van der Waals surface area contributed by atoms with Crippen LogP contribution in [0.4, 0.5) is 5.13 Å². The molecule has 8 nitrogen and oxygen atoms in total. The van der Waals surface area contributed by atoms with Gasteiger partial charge >= 0.3 is 5.97 Å². The van der Waals surface area contributed by atoms with Crippen molar-refractivity contribution >= 4 is 34.3 Å². The molecule has 0 aromatic carbocycles. The van der Waals surface area contributed by atoms with Gasteiger partial charge in [-0.15, -0.1) is 11.3 Å². The van der Waals surface area contributed by atoms with Crippen LogP contribution in [0.1, 0.15) is 23.2 Å². The van der Waals surface area contributed by atoms with Crippen LogP contribution < -0.4 is 10.6 Å². The molecule has 2 aromatic rings. The molecule has 22 heavy (non-hydrogen) atoms. The average Bonchev–Trinajstić information content (AvgIpc) is 3.13. The molecule has 2 rings (SSSR count). The Labute approximate surface area is 129 Å². The summed E-state index contributed by atoms with van der Waals surface area (Å²) in [6, 6.07) is 3.42. The van der Waals surface area contributed by atoms with Gasteiger partial charge in [-0.1, -0.05) is 0 Å². The highest BCUT2D eigenvalue weighted by atomic mass is 32.1. The van der Waals surface area contributed by atoms with Crippen LogP contribution in [0.25, 0.3) is 0 Å². The van der Waals surface area contributed by atoms with E-state index in [0.717, 1.165) is 11.3 Å². The van der Waals surface area contributed by atoms with Gasteiger partial charge in [0, 0.05) is 12.3 Å². The second-order valence-electron chi connectivity index (χ2n) is 4.15. The van der Waals surface area contributed by atoms with E-state index in [2.05, 4.69) is 15.6 Å². The van der Waals surface area contributed by atoms with Gasteiger partial charge in [0.1, 0.15) is 5.76 Å². The van der Waals surface area contributed by atoms with Gasteiger partial charge in [-0.25, -0.2) is 9.78 Å². The Morgan fingerprint density at radius 1 is 1.41 bits per heavy atom. The summed E-state index contributed by atoms with van der Waals surface area (Å²) in [5, 5.41) is 6.72. The minimum atomic E-state index is -0.735. The average molecular weight is 323 g/mol. The zero-order valence-electron chi connectivity index (χ0n) is 11.6. The van der Waals surface area contributed by atoms with Crippen molar-refractivity contribution in [2.75, 3.05) is 11.9 Å². The molecule has 2 heterocycles. The number of anilines is 1. The highest BCUT2D eigenvalue weighted by molar-refractivity contribution is 7.14. The van der Waals surface area contributed by atoms with Crippen LogP contribution in [-0.4, -0.2) is 29.4 Å². The summed E-state index contributed by atoms with van der Waals surface area (Å²) >= 11 is 1.09. The fourth-order valence-corrected chi connectivity index (χ4v) is 2.16. The van der Waals surface area contributed by atoms with Gasteiger partial charge < -0.3 is 19.8 Å². The summed E-state index contributed by atoms with van der Waals surface area (Å²) in [6.07, 6.45) is 1.50. The Hall–Kier alpha value is -2.68. The quantitative estimate of drug-likeness (QED) is 0.772. The first-order valence-corrected chi connectivity index (χ1v) is 7.12. The van der Waals surface area contributed by atoms with Gasteiger partial charge in [0.15, 0.2) is 17.4 Å². The summed E-state index contributed by atoms with van der Waals surface area (Å²) in [7, 11) is 0. The van der Waals surface area contributed by atoms with Crippen LogP contribution in [-0.2, 0) is 20.9 Å². The molecule has 2 amide bonds. The van der Waals surface area contributed by atoms with Gasteiger partial charge in [0.2, 0.25) is 5.91 Å². The summed E-state index contributed by atoms with van der Waals surface area (Å²) in [4.78, 5) is 37.9. The number of nitrogens with one attached hydrogen (secondary N) is 2. The number of furan rings is 1. The first kappa shape index (κ1) is 15.7. The molecule has 0 unspecified atom stereocenters. The third-order valence-electron chi connectivity index (χ3n) is 2.37. The topological polar surface area (TPSA) is 111 Å². The van der Waals surface area contributed by atoms with Gasteiger partial charge in [-0.3, -0.25) is 9.59 Å². The van der Waals surface area contributed by atoms with E-state index >= 15 is 0 Å². The molecule has 116 valence electrons. The van der Waals surface area contributed by atoms with E-state index in [1.165, 1.54) is 18.6 Å². The Morgan fingerprint density at radius 2 is 2.23 bits per heavy atom. The van der Waals surface area contributed by atoms with Crippen LogP contribution in [0.5, 0.6) is 0 Å². The molecular weight excluding hydrogens is 310 g/mol. The number of hydrogen-bond donors (Lipinski definition) is 2. The highest BCUT2D eigenvalue weighted by Gasteiger charge is 2.14. The number of carbonyl (C=O) groups is 3. The van der Waals surface area contributed by atoms with E-state index in [1.807, 2.05) is 0 Å². The molecule has 0 saturated heterocycles. The molecule has 0 bridgehead atoms. The minimum Gasteiger partial charge on any atom is -0.467 e. The maximum Gasteiger partial charge on any atom is 0.358 e. The third kappa shape index (κ3) is 4.70. The van der Waals surface area contributed by atoms with Crippen molar-refractivity contribution in [3.63, 3.8) is 0 Å². The first-order valence-electron chi connectivity index (χ1n) is 6.24. The number of amides is 2. The minimum absolute atomic E-state index is 0.0348. The molecule has 0 fully saturated rings. The molecular formula is C13H13N3O5S. The van der Waals surface area contributed by atoms with Crippen LogP contribution in [0.15, 0.2) is 28.2 Å². The summed E-state index contributed by atoms with van der Waals surface area (Å²) in [5.41, 5.74) is 0.0348. The van der Waals surface area contributed by atoms with E-state index in [0.29, 0.717) is 10.9 Å². The van der Waals surface area contributed by atoms with Crippen LogP contribution >= 0.6 is 11.3 Å². The zero-order valence-corrected chi connectivity index (χ0v) is 12.4. The second-order valence-corrected chi connectivity index (χ2v) is 5.01. The summed E-state index contributed by atoms with van der Waals surface area (Å²) in [5.74, 6) is -0.881. The fourth-order valence-electron chi connectivity index (χ4n) is 1.43. The molecule has 0 saturated carbocycles. The lowest BCUT2D eigenvalue weighted by molar-refractivity contribution is -0.124. The third-order valence-corrected chi connectivity index (χ3v) is 3.13. The van der Waals surface area contributed by atoms with E-state index in [4.69, 9.17) is 9.15 Å². The number of carbonyl (C=O) groups excluding carboxylic acids is 3. The number of nitrogens with zero attached hydrogens (tertiary/aromatic N) is 1. The van der Waals surface area contributed by atoms with Crippen molar-refractivity contribution in [3.8, 4) is 0 Å². The first-order chi connectivity index (χ1) is 10.5. The zero-order chi connectivity index (χ0) is 15.9.